The third-order valence-electron chi connectivity index (χ3n) is 3.52. The molecule has 8 heteroatoms. The summed E-state index contributed by atoms with van der Waals surface area (Å²) in [4.78, 5) is 13.3. The molecule has 3 rings (SSSR count). The Morgan fingerprint density at radius 1 is 1.33 bits per heavy atom. The molecule has 1 aromatic rings. The number of nitrogens with zero attached hydrogens (tertiary/aromatic N) is 1. The SMILES string of the molecule is O=C1OC(CNS(=O)(=O)c2ccccc2Cl)CN1C1CC1. The number of amides is 1. The second kappa shape index (κ2) is 5.47. The molecule has 2 aliphatic rings. The lowest BCUT2D eigenvalue weighted by Gasteiger charge is -2.12. The molecule has 1 heterocycles. The summed E-state index contributed by atoms with van der Waals surface area (Å²) in [5.74, 6) is 0. The number of rotatable bonds is 5. The van der Waals surface area contributed by atoms with E-state index in [0.717, 1.165) is 12.8 Å². The maximum Gasteiger partial charge on any atom is 0.410 e. The maximum atomic E-state index is 12.2. The van der Waals surface area contributed by atoms with E-state index in [1.54, 1.807) is 17.0 Å². The molecule has 1 aliphatic carbocycles. The van der Waals surface area contributed by atoms with E-state index in [4.69, 9.17) is 16.3 Å². The Morgan fingerprint density at radius 3 is 2.71 bits per heavy atom. The van der Waals surface area contributed by atoms with Crippen molar-refractivity contribution >= 4 is 27.7 Å². The zero-order valence-electron chi connectivity index (χ0n) is 11.2. The number of ether oxygens (including phenoxy) is 1. The lowest BCUT2D eigenvalue weighted by atomic mass is 10.3. The number of carbonyl (C=O) groups excluding carboxylic acids is 1. The molecule has 1 aliphatic heterocycles. The summed E-state index contributed by atoms with van der Waals surface area (Å²) in [6, 6.07) is 6.48. The number of nitrogens with one attached hydrogen (secondary N) is 1. The number of hydrogen-bond donors (Lipinski definition) is 1. The van der Waals surface area contributed by atoms with Crippen molar-refractivity contribution in [1.82, 2.24) is 9.62 Å². The second-order valence-electron chi connectivity index (χ2n) is 5.17. The van der Waals surface area contributed by atoms with Crippen LogP contribution in [0.5, 0.6) is 0 Å². The second-order valence-corrected chi connectivity index (χ2v) is 7.31. The number of benzene rings is 1. The lowest BCUT2D eigenvalue weighted by molar-refractivity contribution is 0.133. The molecule has 114 valence electrons. The van der Waals surface area contributed by atoms with Crippen LogP contribution < -0.4 is 4.72 Å². The smallest absolute Gasteiger partial charge is 0.410 e. The molecule has 1 amide bonds. The minimum absolute atomic E-state index is 0.0232. The van der Waals surface area contributed by atoms with E-state index in [1.807, 2.05) is 0 Å². The largest absolute Gasteiger partial charge is 0.443 e. The molecule has 0 aromatic heterocycles. The summed E-state index contributed by atoms with van der Waals surface area (Å²) >= 11 is 5.89. The van der Waals surface area contributed by atoms with Crippen LogP contribution in [-0.2, 0) is 14.8 Å². The van der Waals surface area contributed by atoms with Gasteiger partial charge in [0.05, 0.1) is 11.6 Å². The average molecular weight is 331 g/mol. The molecule has 2 fully saturated rings. The van der Waals surface area contributed by atoms with Crippen LogP contribution in [0.4, 0.5) is 4.79 Å². The van der Waals surface area contributed by atoms with Gasteiger partial charge in [0.2, 0.25) is 10.0 Å². The van der Waals surface area contributed by atoms with Crippen LogP contribution in [0.15, 0.2) is 29.2 Å². The van der Waals surface area contributed by atoms with Gasteiger partial charge in [0.15, 0.2) is 0 Å². The van der Waals surface area contributed by atoms with Gasteiger partial charge in [-0.2, -0.15) is 0 Å². The number of cyclic esters (lactones) is 1. The topological polar surface area (TPSA) is 75.7 Å². The zero-order chi connectivity index (χ0) is 15.0. The van der Waals surface area contributed by atoms with Gasteiger partial charge in [-0.3, -0.25) is 0 Å². The molecule has 21 heavy (non-hydrogen) atoms. The average Bonchev–Trinajstić information content (AvgIpc) is 3.21. The van der Waals surface area contributed by atoms with Crippen molar-refractivity contribution in [2.45, 2.75) is 29.9 Å². The third kappa shape index (κ3) is 3.14. The van der Waals surface area contributed by atoms with Crippen LogP contribution in [-0.4, -0.2) is 44.6 Å². The Kier molecular flexibility index (Phi) is 3.81. The molecule has 1 saturated heterocycles. The Morgan fingerprint density at radius 2 is 2.05 bits per heavy atom. The van der Waals surface area contributed by atoms with Gasteiger partial charge in [-0.25, -0.2) is 17.9 Å². The first-order valence-electron chi connectivity index (χ1n) is 6.69. The summed E-state index contributed by atoms with van der Waals surface area (Å²) in [5, 5.41) is 0.160. The van der Waals surface area contributed by atoms with Gasteiger partial charge in [-0.1, -0.05) is 23.7 Å². The maximum absolute atomic E-state index is 12.2. The standard InChI is InChI=1S/C13H15ClN2O4S/c14-11-3-1-2-4-12(11)21(18,19)15-7-10-8-16(9-5-6-9)13(17)20-10/h1-4,9-10,15H,5-8H2. The number of halogens is 1. The van der Waals surface area contributed by atoms with E-state index >= 15 is 0 Å². The Bertz CT molecular complexity index is 660. The molecular weight excluding hydrogens is 316 g/mol. The van der Waals surface area contributed by atoms with Crippen molar-refractivity contribution in [3.05, 3.63) is 29.3 Å². The highest BCUT2D eigenvalue weighted by Crippen LogP contribution is 2.30. The van der Waals surface area contributed by atoms with Crippen LogP contribution in [0.3, 0.4) is 0 Å². The number of hydrogen-bond acceptors (Lipinski definition) is 4. The monoisotopic (exact) mass is 330 g/mol. The number of carbonyl (C=O) groups is 1. The van der Waals surface area contributed by atoms with Crippen molar-refractivity contribution in [1.29, 1.82) is 0 Å². The predicted molar refractivity (Wildman–Crippen MR) is 76.6 cm³/mol. The van der Waals surface area contributed by atoms with Gasteiger partial charge < -0.3 is 9.64 Å². The van der Waals surface area contributed by atoms with E-state index in [1.165, 1.54) is 12.1 Å². The van der Waals surface area contributed by atoms with Crippen LogP contribution in [0.25, 0.3) is 0 Å². The molecule has 0 bridgehead atoms. The van der Waals surface area contributed by atoms with Gasteiger partial charge in [-0.05, 0) is 25.0 Å². The normalized spacial score (nSPS) is 22.4. The molecular formula is C13H15ClN2O4S. The van der Waals surface area contributed by atoms with Crippen molar-refractivity contribution in [3.63, 3.8) is 0 Å². The quantitative estimate of drug-likeness (QED) is 0.889. The van der Waals surface area contributed by atoms with Gasteiger partial charge in [0.25, 0.3) is 0 Å². The minimum Gasteiger partial charge on any atom is -0.443 e. The van der Waals surface area contributed by atoms with Crippen LogP contribution >= 0.6 is 11.6 Å². The Labute approximate surface area is 128 Å². The molecule has 1 aromatic carbocycles. The Balaban J connectivity index is 1.62. The molecule has 1 N–H and O–H groups in total. The molecule has 0 radical (unpaired) electrons. The zero-order valence-corrected chi connectivity index (χ0v) is 12.7. The fourth-order valence-electron chi connectivity index (χ4n) is 2.28. The fourth-order valence-corrected chi connectivity index (χ4v) is 3.86. The first-order valence-corrected chi connectivity index (χ1v) is 8.55. The van der Waals surface area contributed by atoms with E-state index < -0.39 is 16.1 Å². The minimum atomic E-state index is -3.71. The van der Waals surface area contributed by atoms with Crippen molar-refractivity contribution in [2.24, 2.45) is 0 Å². The van der Waals surface area contributed by atoms with Crippen LogP contribution in [0.2, 0.25) is 5.02 Å². The Hall–Kier alpha value is -1.31. The summed E-state index contributed by atoms with van der Waals surface area (Å²) in [7, 11) is -3.71. The first kappa shape index (κ1) is 14.6. The fraction of sp³-hybridized carbons (Fsp3) is 0.462. The number of sulfonamides is 1. The molecule has 1 saturated carbocycles. The highest BCUT2D eigenvalue weighted by Gasteiger charge is 2.41. The van der Waals surface area contributed by atoms with Crippen molar-refractivity contribution in [3.8, 4) is 0 Å². The summed E-state index contributed by atoms with van der Waals surface area (Å²) < 4.78 is 31.9. The van der Waals surface area contributed by atoms with E-state index in [0.29, 0.717) is 6.54 Å². The highest BCUT2D eigenvalue weighted by atomic mass is 35.5. The van der Waals surface area contributed by atoms with Gasteiger partial charge in [-0.15, -0.1) is 0 Å². The van der Waals surface area contributed by atoms with E-state index in [2.05, 4.69) is 4.72 Å². The van der Waals surface area contributed by atoms with Crippen molar-refractivity contribution < 1.29 is 17.9 Å². The van der Waals surface area contributed by atoms with Gasteiger partial charge >= 0.3 is 6.09 Å². The molecule has 1 atom stereocenters. The van der Waals surface area contributed by atoms with Crippen molar-refractivity contribution in [2.75, 3.05) is 13.1 Å². The summed E-state index contributed by atoms with van der Waals surface area (Å²) in [5.41, 5.74) is 0. The highest BCUT2D eigenvalue weighted by molar-refractivity contribution is 7.89. The van der Waals surface area contributed by atoms with Crippen LogP contribution in [0.1, 0.15) is 12.8 Å². The summed E-state index contributed by atoms with van der Waals surface area (Å²) in [6.45, 7) is 0.469. The van der Waals surface area contributed by atoms with Gasteiger partial charge in [0, 0.05) is 12.6 Å². The van der Waals surface area contributed by atoms with E-state index in [-0.39, 0.29) is 28.6 Å². The van der Waals surface area contributed by atoms with Gasteiger partial charge in [0.1, 0.15) is 11.0 Å². The third-order valence-corrected chi connectivity index (χ3v) is 5.44. The molecule has 1 unspecified atom stereocenters. The summed E-state index contributed by atoms with van der Waals surface area (Å²) in [6.07, 6.45) is 1.16. The lowest BCUT2D eigenvalue weighted by Crippen LogP contribution is -2.35. The van der Waals surface area contributed by atoms with E-state index in [9.17, 15) is 13.2 Å². The van der Waals surface area contributed by atoms with Crippen LogP contribution in [0, 0.1) is 0 Å². The first-order chi connectivity index (χ1) is 9.97. The molecule has 6 nitrogen and oxygen atoms in total. The predicted octanol–water partition coefficient (Wildman–Crippen LogP) is 1.60. The molecule has 0 spiro atoms.